The number of carbonyl (C=O) groups excluding carboxylic acids is 1. The largest absolute Gasteiger partial charge is 0.494 e. The third kappa shape index (κ3) is 6.65. The lowest BCUT2D eigenvalue weighted by Crippen LogP contribution is -2.40. The number of ether oxygens (including phenoxy) is 2. The van der Waals surface area contributed by atoms with E-state index in [1.165, 1.54) is 5.56 Å². The van der Waals surface area contributed by atoms with E-state index in [4.69, 9.17) is 9.47 Å². The standard InChI is InChI=1S/C19H31N3O3/c1-4-25-18-9-8-15(10-14(18)2)6-5-7-19(23)20-12-16-11-17(13-24-3)22-21-16/h8-10,16-17,21-22H,4-7,11-13H2,1-3H3,(H,20,23). The Labute approximate surface area is 150 Å². The summed E-state index contributed by atoms with van der Waals surface area (Å²) in [7, 11) is 1.70. The van der Waals surface area contributed by atoms with Crippen LogP contribution in [0.2, 0.25) is 0 Å². The summed E-state index contributed by atoms with van der Waals surface area (Å²) in [6.45, 7) is 6.05. The molecule has 0 saturated carbocycles. The molecule has 140 valence electrons. The number of hydrogen-bond donors (Lipinski definition) is 3. The number of methoxy groups -OCH3 is 1. The molecule has 1 aromatic rings. The van der Waals surface area contributed by atoms with E-state index < -0.39 is 0 Å². The van der Waals surface area contributed by atoms with Crippen molar-refractivity contribution < 1.29 is 14.3 Å². The first kappa shape index (κ1) is 19.7. The Hall–Kier alpha value is -1.63. The zero-order chi connectivity index (χ0) is 18.1. The Morgan fingerprint density at radius 1 is 1.32 bits per heavy atom. The van der Waals surface area contributed by atoms with Gasteiger partial charge in [0.1, 0.15) is 5.75 Å². The molecular weight excluding hydrogens is 318 g/mol. The Balaban J connectivity index is 1.63. The maximum Gasteiger partial charge on any atom is 0.220 e. The van der Waals surface area contributed by atoms with Crippen LogP contribution < -0.4 is 20.9 Å². The van der Waals surface area contributed by atoms with Crippen molar-refractivity contribution in [2.45, 2.75) is 51.6 Å². The van der Waals surface area contributed by atoms with E-state index in [9.17, 15) is 4.79 Å². The van der Waals surface area contributed by atoms with Crippen LogP contribution in [0.4, 0.5) is 0 Å². The topological polar surface area (TPSA) is 71.6 Å². The minimum absolute atomic E-state index is 0.111. The average molecular weight is 349 g/mol. The number of carbonyl (C=O) groups is 1. The third-order valence-corrected chi connectivity index (χ3v) is 4.38. The summed E-state index contributed by atoms with van der Waals surface area (Å²) < 4.78 is 10.7. The zero-order valence-corrected chi connectivity index (χ0v) is 15.6. The summed E-state index contributed by atoms with van der Waals surface area (Å²) in [5.74, 6) is 1.05. The fraction of sp³-hybridized carbons (Fsp3) is 0.632. The first-order valence-electron chi connectivity index (χ1n) is 9.11. The molecule has 6 nitrogen and oxygen atoms in total. The van der Waals surface area contributed by atoms with E-state index in [0.29, 0.717) is 32.2 Å². The van der Waals surface area contributed by atoms with Crippen LogP contribution in [0.15, 0.2) is 18.2 Å². The van der Waals surface area contributed by atoms with Crippen LogP contribution in [0, 0.1) is 6.92 Å². The highest BCUT2D eigenvalue weighted by atomic mass is 16.5. The van der Waals surface area contributed by atoms with Gasteiger partial charge < -0.3 is 14.8 Å². The summed E-state index contributed by atoms with van der Waals surface area (Å²) in [5.41, 5.74) is 8.77. The Morgan fingerprint density at radius 3 is 2.84 bits per heavy atom. The second kappa shape index (κ2) is 10.4. The molecule has 2 atom stereocenters. The van der Waals surface area contributed by atoms with Crippen molar-refractivity contribution in [2.75, 3.05) is 26.9 Å². The van der Waals surface area contributed by atoms with Crippen LogP contribution in [0.25, 0.3) is 0 Å². The molecule has 1 saturated heterocycles. The van der Waals surface area contributed by atoms with Gasteiger partial charge in [0.2, 0.25) is 5.91 Å². The van der Waals surface area contributed by atoms with Crippen LogP contribution >= 0.6 is 0 Å². The van der Waals surface area contributed by atoms with Crippen molar-refractivity contribution in [3.63, 3.8) is 0 Å². The van der Waals surface area contributed by atoms with Crippen molar-refractivity contribution in [1.82, 2.24) is 16.2 Å². The molecule has 1 fully saturated rings. The van der Waals surface area contributed by atoms with Gasteiger partial charge in [-0.1, -0.05) is 12.1 Å². The van der Waals surface area contributed by atoms with E-state index >= 15 is 0 Å². The van der Waals surface area contributed by atoms with Gasteiger partial charge in [-0.2, -0.15) is 0 Å². The van der Waals surface area contributed by atoms with Crippen LogP contribution in [0.3, 0.4) is 0 Å². The molecule has 1 aliphatic heterocycles. The number of aryl methyl sites for hydroxylation is 2. The van der Waals surface area contributed by atoms with Crippen LogP contribution in [-0.4, -0.2) is 44.9 Å². The monoisotopic (exact) mass is 349 g/mol. The maximum absolute atomic E-state index is 12.0. The fourth-order valence-corrected chi connectivity index (χ4v) is 3.11. The van der Waals surface area contributed by atoms with Gasteiger partial charge in [0.15, 0.2) is 0 Å². The van der Waals surface area contributed by atoms with E-state index in [1.807, 2.05) is 13.0 Å². The van der Waals surface area contributed by atoms with Gasteiger partial charge in [-0.15, -0.1) is 0 Å². The molecule has 3 N–H and O–H groups in total. The SMILES string of the molecule is CCOc1ccc(CCCC(=O)NCC2CC(COC)NN2)cc1C. The highest BCUT2D eigenvalue weighted by molar-refractivity contribution is 5.75. The molecule has 1 amide bonds. The third-order valence-electron chi connectivity index (χ3n) is 4.38. The average Bonchev–Trinajstić information content (AvgIpc) is 3.03. The van der Waals surface area contributed by atoms with Gasteiger partial charge in [-0.25, -0.2) is 0 Å². The first-order valence-corrected chi connectivity index (χ1v) is 9.11. The minimum atomic E-state index is 0.111. The number of hydrazine groups is 1. The highest BCUT2D eigenvalue weighted by Gasteiger charge is 2.23. The van der Waals surface area contributed by atoms with Crippen LogP contribution in [0.1, 0.15) is 37.3 Å². The molecular formula is C19H31N3O3. The number of benzene rings is 1. The van der Waals surface area contributed by atoms with E-state index in [1.54, 1.807) is 7.11 Å². The van der Waals surface area contributed by atoms with Crippen molar-refractivity contribution in [3.05, 3.63) is 29.3 Å². The summed E-state index contributed by atoms with van der Waals surface area (Å²) in [4.78, 5) is 12.0. The molecule has 6 heteroatoms. The van der Waals surface area contributed by atoms with Gasteiger partial charge in [-0.05, 0) is 50.3 Å². The van der Waals surface area contributed by atoms with Crippen molar-refractivity contribution in [1.29, 1.82) is 0 Å². The first-order chi connectivity index (χ1) is 12.1. The summed E-state index contributed by atoms with van der Waals surface area (Å²) in [6.07, 6.45) is 3.26. The minimum Gasteiger partial charge on any atom is -0.494 e. The normalized spacial score (nSPS) is 19.8. The van der Waals surface area contributed by atoms with E-state index in [2.05, 4.69) is 35.2 Å². The maximum atomic E-state index is 12.0. The van der Waals surface area contributed by atoms with E-state index in [0.717, 1.165) is 30.6 Å². The quantitative estimate of drug-likeness (QED) is 0.600. The predicted molar refractivity (Wildman–Crippen MR) is 98.6 cm³/mol. The number of amides is 1. The number of hydrogen-bond acceptors (Lipinski definition) is 5. The smallest absolute Gasteiger partial charge is 0.220 e. The van der Waals surface area contributed by atoms with Crippen molar-refractivity contribution in [2.24, 2.45) is 0 Å². The summed E-state index contributed by atoms with van der Waals surface area (Å²) in [6, 6.07) is 6.82. The van der Waals surface area contributed by atoms with Crippen molar-refractivity contribution >= 4 is 5.91 Å². The lowest BCUT2D eigenvalue weighted by molar-refractivity contribution is -0.121. The zero-order valence-electron chi connectivity index (χ0n) is 15.6. The molecule has 25 heavy (non-hydrogen) atoms. The summed E-state index contributed by atoms with van der Waals surface area (Å²) in [5, 5.41) is 3.01. The van der Waals surface area contributed by atoms with Gasteiger partial charge in [-0.3, -0.25) is 15.6 Å². The molecule has 0 bridgehead atoms. The molecule has 0 radical (unpaired) electrons. The molecule has 2 rings (SSSR count). The molecule has 1 heterocycles. The van der Waals surface area contributed by atoms with Crippen LogP contribution in [0.5, 0.6) is 5.75 Å². The molecule has 0 aromatic heterocycles. The van der Waals surface area contributed by atoms with Gasteiger partial charge in [0.25, 0.3) is 0 Å². The van der Waals surface area contributed by atoms with Gasteiger partial charge >= 0.3 is 0 Å². The summed E-state index contributed by atoms with van der Waals surface area (Å²) >= 11 is 0. The highest BCUT2D eigenvalue weighted by Crippen LogP contribution is 2.20. The molecule has 1 aliphatic rings. The Morgan fingerprint density at radius 2 is 2.12 bits per heavy atom. The Bertz CT molecular complexity index is 551. The van der Waals surface area contributed by atoms with Gasteiger partial charge in [0.05, 0.1) is 13.2 Å². The lowest BCUT2D eigenvalue weighted by Gasteiger charge is -2.11. The molecule has 0 spiro atoms. The number of nitrogens with one attached hydrogen (secondary N) is 3. The second-order valence-electron chi connectivity index (χ2n) is 6.56. The predicted octanol–water partition coefficient (Wildman–Crippen LogP) is 1.71. The fourth-order valence-electron chi connectivity index (χ4n) is 3.11. The van der Waals surface area contributed by atoms with Crippen molar-refractivity contribution in [3.8, 4) is 5.75 Å². The second-order valence-corrected chi connectivity index (χ2v) is 6.56. The van der Waals surface area contributed by atoms with Crippen LogP contribution in [-0.2, 0) is 16.0 Å². The van der Waals surface area contributed by atoms with E-state index in [-0.39, 0.29) is 11.9 Å². The molecule has 2 unspecified atom stereocenters. The number of rotatable bonds is 10. The molecule has 1 aromatic carbocycles. The Kier molecular flexibility index (Phi) is 8.18. The lowest BCUT2D eigenvalue weighted by atomic mass is 10.0. The van der Waals surface area contributed by atoms with Gasteiger partial charge in [0, 0.05) is 32.2 Å². The molecule has 0 aliphatic carbocycles.